The number of hydrogen-bond donors (Lipinski definition) is 0. The molecule has 7 aliphatic carbocycles. The Morgan fingerprint density at radius 2 is 0.528 bits per heavy atom. The lowest BCUT2D eigenvalue weighted by Gasteiger charge is -2.02. The van der Waals surface area contributed by atoms with Crippen LogP contribution in [0.2, 0.25) is 5.28 Å². The number of aromatic nitrogens is 25. The van der Waals surface area contributed by atoms with Crippen LogP contribution in [0.1, 0.15) is 152 Å². The molecule has 2 fully saturated rings. The van der Waals surface area contributed by atoms with E-state index in [9.17, 15) is 24.0 Å². The summed E-state index contributed by atoms with van der Waals surface area (Å²) in [5.41, 5.74) is 14.2. The van der Waals surface area contributed by atoms with E-state index in [1.165, 1.54) is 4.52 Å². The minimum absolute atomic E-state index is 0.0690. The first-order chi connectivity index (χ1) is 52.0. The minimum atomic E-state index is -0.153. The number of rotatable bonds is 6. The van der Waals surface area contributed by atoms with Crippen LogP contribution in [0.4, 0.5) is 0 Å². The van der Waals surface area contributed by atoms with E-state index in [0.29, 0.717) is 138 Å². The van der Waals surface area contributed by atoms with E-state index in [4.69, 9.17) is 11.6 Å². The van der Waals surface area contributed by atoms with E-state index in [1.54, 1.807) is 36.3 Å². The van der Waals surface area contributed by atoms with Crippen LogP contribution in [0, 0.1) is 0 Å². The van der Waals surface area contributed by atoms with E-state index in [-0.39, 0.29) is 45.7 Å². The van der Waals surface area contributed by atoms with Crippen molar-refractivity contribution in [2.24, 2.45) is 0 Å². The maximum atomic E-state index is 12.6. The Bertz CT molecular complexity index is 6660. The van der Waals surface area contributed by atoms with E-state index in [1.807, 2.05) is 164 Å². The number of nitrogens with zero attached hydrogens (tertiary/aromatic N) is 25. The Kier molecular flexibility index (Phi) is 14.0. The average Bonchev–Trinajstić information content (AvgIpc) is 1.62. The highest BCUT2D eigenvalue weighted by Crippen LogP contribution is 2.43. The lowest BCUT2D eigenvalue weighted by Crippen LogP contribution is -2.08. The molecule has 0 amide bonds. The highest BCUT2D eigenvalue weighted by Gasteiger charge is 2.38. The molecule has 24 rings (SSSR count). The molecule has 0 N–H and O–H groups in total. The molecule has 2 saturated carbocycles. The molecule has 0 saturated heterocycles. The molecule has 0 atom stereocenters. The van der Waals surface area contributed by atoms with Crippen LogP contribution in [0.5, 0.6) is 0 Å². The maximum Gasteiger partial charge on any atom is 0.273 e. The van der Waals surface area contributed by atoms with Crippen LogP contribution >= 0.6 is 11.6 Å². The Balaban J connectivity index is 0.0000000881. The molecule has 0 spiro atoms. The summed E-state index contributed by atoms with van der Waals surface area (Å²) in [4.78, 5) is 84.0. The van der Waals surface area contributed by atoms with Crippen LogP contribution in [-0.4, -0.2) is 153 Å². The first-order valence-corrected chi connectivity index (χ1v) is 34.0. The van der Waals surface area contributed by atoms with Gasteiger partial charge in [-0.15, -0.1) is 51.0 Å². The predicted molar refractivity (Wildman–Crippen MR) is 375 cm³/mol. The summed E-state index contributed by atoms with van der Waals surface area (Å²) in [7, 11) is 0. The number of hydrogen-bond acceptors (Lipinski definition) is 25. The molecular weight excluding hydrogens is 1370 g/mol. The van der Waals surface area contributed by atoms with Gasteiger partial charge in [-0.25, -0.2) is 24.9 Å². The molecule has 10 heterocycles. The fraction of sp³-hybridized carbons (Fsp3) is 0.107. The van der Waals surface area contributed by atoms with Gasteiger partial charge in [0, 0.05) is 80.3 Å². The third kappa shape index (κ3) is 10.1. The van der Waals surface area contributed by atoms with Crippen molar-refractivity contribution >= 4 is 69.4 Å². The topological polar surface area (TPSA) is 365 Å². The van der Waals surface area contributed by atoms with Crippen molar-refractivity contribution in [2.45, 2.75) is 50.4 Å². The van der Waals surface area contributed by atoms with Gasteiger partial charge in [0.25, 0.3) is 28.9 Å². The van der Waals surface area contributed by atoms with Gasteiger partial charge in [-0.05, 0) is 48.4 Å². The third-order valence-corrected chi connectivity index (χ3v) is 19.2. The molecule has 10 aromatic heterocycles. The molecular formula is C75H44ClN25O5. The van der Waals surface area contributed by atoms with Gasteiger partial charge in [0.15, 0.2) is 40.4 Å². The molecule has 31 heteroatoms. The van der Waals surface area contributed by atoms with Crippen molar-refractivity contribution in [3.8, 4) is 56.3 Å². The van der Waals surface area contributed by atoms with Gasteiger partial charge in [-0.2, -0.15) is 48.1 Å². The highest BCUT2D eigenvalue weighted by molar-refractivity contribution is 6.28. The lowest BCUT2D eigenvalue weighted by molar-refractivity contribution is 0.103. The minimum Gasteiger partial charge on any atom is -0.287 e. The molecule has 0 unspecified atom stereocenters. The molecule has 106 heavy (non-hydrogen) atoms. The zero-order valence-electron chi connectivity index (χ0n) is 54.8. The van der Waals surface area contributed by atoms with Crippen LogP contribution in [0.25, 0.3) is 85.2 Å². The van der Waals surface area contributed by atoms with Crippen LogP contribution in [-0.2, 0) is 12.8 Å². The zero-order valence-corrected chi connectivity index (χ0v) is 55.6. The number of ketones is 5. The monoisotopic (exact) mass is 1410 g/mol. The number of carbonyl (C=O) groups is 5. The summed E-state index contributed by atoms with van der Waals surface area (Å²) in [6.45, 7) is 0. The van der Waals surface area contributed by atoms with Gasteiger partial charge in [0.2, 0.25) is 34.2 Å². The molecule has 0 bridgehead atoms. The second-order valence-corrected chi connectivity index (χ2v) is 26.0. The molecule has 30 nitrogen and oxygen atoms in total. The normalized spacial score (nSPS) is 14.0. The summed E-state index contributed by atoms with van der Waals surface area (Å²) in [5.74, 6) is 5.28. The fourth-order valence-corrected chi connectivity index (χ4v) is 13.7. The number of benzene rings is 7. The van der Waals surface area contributed by atoms with Gasteiger partial charge >= 0.3 is 0 Å². The summed E-state index contributed by atoms with van der Waals surface area (Å²) in [6, 6.07) is 56.9. The Hall–Kier alpha value is -14.4. The van der Waals surface area contributed by atoms with E-state index < -0.39 is 0 Å². The highest BCUT2D eigenvalue weighted by atomic mass is 35.5. The molecule has 17 aromatic rings. The summed E-state index contributed by atoms with van der Waals surface area (Å²) < 4.78 is 7.76. The third-order valence-electron chi connectivity index (χ3n) is 18.9. The first kappa shape index (κ1) is 61.4. The fourth-order valence-electron chi connectivity index (χ4n) is 13.5. The van der Waals surface area contributed by atoms with Crippen molar-refractivity contribution in [3.05, 3.63) is 278 Å². The predicted octanol–water partition coefficient (Wildman–Crippen LogP) is 9.24. The summed E-state index contributed by atoms with van der Waals surface area (Å²) >= 11 is 5.81. The van der Waals surface area contributed by atoms with Crippen LogP contribution < -0.4 is 0 Å². The van der Waals surface area contributed by atoms with Crippen molar-refractivity contribution in [3.63, 3.8) is 0 Å². The van der Waals surface area contributed by atoms with Crippen LogP contribution in [0.3, 0.4) is 0 Å². The summed E-state index contributed by atoms with van der Waals surface area (Å²) in [6.07, 6.45) is 5.63. The number of halogens is 1. The Morgan fingerprint density at radius 3 is 0.906 bits per heavy atom. The molecule has 7 aliphatic rings. The van der Waals surface area contributed by atoms with Crippen molar-refractivity contribution in [1.82, 2.24) is 124 Å². The second kappa shape index (κ2) is 24.1. The van der Waals surface area contributed by atoms with Gasteiger partial charge in [0.05, 0.1) is 0 Å². The Morgan fingerprint density at radius 1 is 0.264 bits per heavy atom. The lowest BCUT2D eigenvalue weighted by atomic mass is 10.1. The van der Waals surface area contributed by atoms with Gasteiger partial charge in [-0.1, -0.05) is 182 Å². The molecule has 7 aromatic carbocycles. The largest absolute Gasteiger partial charge is 0.287 e. The Labute approximate surface area is 599 Å². The van der Waals surface area contributed by atoms with Crippen molar-refractivity contribution < 1.29 is 24.0 Å². The number of fused-ring (bicyclic) bond motifs is 20. The SMILES string of the molecule is O=C1c2ccccc2-c2nc3nnc(C4CC4)n3nc21.O=C1c2ccccc2-c2nc3nnc(Cc4ccccc4)n3nc21.O=C1c2ccccc2-c2nc3nnc(Cl)n3nc21.O=C1c2ccccc2-c2nn3c(C4CC4)nnc3nc21.O=C1c2ccccc2-c2nn3c(Cc4ccccc4)nnc3nc21. The van der Waals surface area contributed by atoms with Crippen LogP contribution in [0.15, 0.2) is 182 Å². The van der Waals surface area contributed by atoms with E-state index in [2.05, 4.69) is 101 Å². The van der Waals surface area contributed by atoms with Crippen molar-refractivity contribution in [2.75, 3.05) is 0 Å². The smallest absolute Gasteiger partial charge is 0.273 e. The second-order valence-electron chi connectivity index (χ2n) is 25.7. The van der Waals surface area contributed by atoms with Gasteiger partial charge in [0.1, 0.15) is 39.9 Å². The average molecular weight is 1410 g/mol. The standard InChI is InChI=1S/2C18H11N5O.2C14H9N5O.C11H4ClN5O/c24-17-13-9-5-4-8-12(13)15-16(17)19-18-21-20-14(23(18)22-15)10-11-6-2-1-3-7-11;24-17-13-9-5-4-8-12(13)15-16(17)22-23-14(20-21-18(23)19-15)10-11-6-2-1-3-7-11;20-12-9-4-2-1-3-8(9)10-11(12)15-14-17-16-13(7-5-6-7)19(14)18-10;20-12-9-4-2-1-3-8(9)10-11(12)18-19-13(7-5-6-7)16-17-14(19)15-10;12-10-14-15-11-13-7-5-3-1-2-4-6(5)9(18)8(7)16-17(10)11/h2*1-9H,10H2;2*1-4,7H,5-6H2;1-4H. The van der Waals surface area contributed by atoms with Gasteiger partial charge in [-0.3, -0.25) is 24.0 Å². The van der Waals surface area contributed by atoms with Gasteiger partial charge < -0.3 is 0 Å². The van der Waals surface area contributed by atoms with E-state index in [0.717, 1.165) is 76.3 Å². The molecule has 0 aliphatic heterocycles. The molecule has 506 valence electrons. The van der Waals surface area contributed by atoms with E-state index >= 15 is 0 Å². The van der Waals surface area contributed by atoms with Crippen molar-refractivity contribution in [1.29, 1.82) is 0 Å². The molecule has 0 radical (unpaired) electrons. The number of carbonyl (C=O) groups excluding carboxylic acids is 5. The maximum absolute atomic E-state index is 12.6. The zero-order chi connectivity index (χ0) is 71.0. The summed E-state index contributed by atoms with van der Waals surface area (Å²) in [5, 5.41) is 62.8. The quantitative estimate of drug-likeness (QED) is 0.150. The first-order valence-electron chi connectivity index (χ1n) is 33.6.